The third kappa shape index (κ3) is 3.67. The quantitative estimate of drug-likeness (QED) is 0.573. The summed E-state index contributed by atoms with van der Waals surface area (Å²) in [7, 11) is 0. The van der Waals surface area contributed by atoms with Crippen LogP contribution in [0.4, 0.5) is 0 Å². The third-order valence-corrected chi connectivity index (χ3v) is 6.04. The van der Waals surface area contributed by atoms with Crippen LogP contribution in [0.5, 0.6) is 11.5 Å². The molecule has 1 aromatic carbocycles. The largest absolute Gasteiger partial charge is 0.486 e. The minimum atomic E-state index is -0.119. The van der Waals surface area contributed by atoms with E-state index in [-0.39, 0.29) is 24.7 Å². The molecule has 0 spiro atoms. The molecule has 0 unspecified atom stereocenters. The average Bonchev–Trinajstić information content (AvgIpc) is 3.10. The molecule has 146 valence electrons. The van der Waals surface area contributed by atoms with Crippen LogP contribution in [0, 0.1) is 0 Å². The number of Topliss-reactive ketones (excluding diaryl/α,β-unsaturated/α-hetero) is 1. The van der Waals surface area contributed by atoms with Crippen LogP contribution in [-0.2, 0) is 12.8 Å². The van der Waals surface area contributed by atoms with E-state index in [1.165, 1.54) is 16.2 Å². The van der Waals surface area contributed by atoms with Crippen molar-refractivity contribution in [1.29, 1.82) is 0 Å². The van der Waals surface area contributed by atoms with Gasteiger partial charge in [0.2, 0.25) is 5.91 Å². The predicted molar refractivity (Wildman–Crippen MR) is 107 cm³/mol. The van der Waals surface area contributed by atoms with Crippen LogP contribution in [0.15, 0.2) is 35.8 Å². The van der Waals surface area contributed by atoms with Gasteiger partial charge in [-0.15, -0.1) is 17.9 Å². The summed E-state index contributed by atoms with van der Waals surface area (Å²) in [5, 5.41) is 0. The maximum atomic E-state index is 12.7. The monoisotopic (exact) mass is 398 g/mol. The van der Waals surface area contributed by atoms with E-state index in [0.29, 0.717) is 35.1 Å². The highest BCUT2D eigenvalue weighted by Crippen LogP contribution is 2.31. The Balaban J connectivity index is 1.62. The van der Waals surface area contributed by atoms with E-state index in [1.54, 1.807) is 28.8 Å². The summed E-state index contributed by atoms with van der Waals surface area (Å²) in [5.74, 6) is 1.07. The van der Waals surface area contributed by atoms with Gasteiger partial charge in [-0.3, -0.25) is 19.1 Å². The Morgan fingerprint density at radius 2 is 1.96 bits per heavy atom. The molecule has 6 nitrogen and oxygen atoms in total. The van der Waals surface area contributed by atoms with Gasteiger partial charge in [0.15, 0.2) is 22.1 Å². The highest BCUT2D eigenvalue weighted by molar-refractivity contribution is 7.09. The molecule has 0 fully saturated rings. The maximum absolute atomic E-state index is 12.7. The van der Waals surface area contributed by atoms with Crippen LogP contribution in [-0.4, -0.2) is 36.0 Å². The summed E-state index contributed by atoms with van der Waals surface area (Å²) < 4.78 is 12.7. The number of ketones is 1. The Labute approximate surface area is 167 Å². The molecule has 4 rings (SSSR count). The number of aryl methyl sites for hydroxylation is 1. The van der Waals surface area contributed by atoms with Crippen molar-refractivity contribution in [3.8, 4) is 11.5 Å². The second kappa shape index (κ2) is 8.14. The minimum absolute atomic E-state index is 0.0135. The molecule has 0 radical (unpaired) electrons. The third-order valence-electron chi connectivity index (χ3n) is 4.86. The Kier molecular flexibility index (Phi) is 5.43. The van der Waals surface area contributed by atoms with Gasteiger partial charge >= 0.3 is 0 Å². The zero-order valence-corrected chi connectivity index (χ0v) is 16.4. The van der Waals surface area contributed by atoms with Crippen LogP contribution in [0.3, 0.4) is 0 Å². The fourth-order valence-electron chi connectivity index (χ4n) is 3.50. The number of hydrogen-bond donors (Lipinski definition) is 0. The number of aromatic nitrogens is 1. The molecule has 7 heteroatoms. The molecule has 0 saturated heterocycles. The lowest BCUT2D eigenvalue weighted by molar-refractivity contribution is 0.0907. The van der Waals surface area contributed by atoms with Crippen molar-refractivity contribution in [1.82, 2.24) is 4.57 Å². The number of nitrogens with zero attached hydrogens (tertiary/aromatic N) is 2. The number of ether oxygens (including phenoxy) is 2. The van der Waals surface area contributed by atoms with Crippen LogP contribution < -0.4 is 14.3 Å². The van der Waals surface area contributed by atoms with Gasteiger partial charge in [-0.25, -0.2) is 0 Å². The SMILES string of the molecule is C=CCC(=O)n1c2c(sc1=NCC(=O)c1ccc3c(c1)OCCO3)CCCC2. The standard InChI is InChI=1S/C21H22N2O4S/c1-2-5-20(25)23-15-6-3-4-7-19(15)28-21(23)22-13-16(24)14-8-9-17-18(12-14)27-11-10-26-17/h2,8-9,12H,1,3-7,10-11,13H2. The maximum Gasteiger partial charge on any atom is 0.236 e. The van der Waals surface area contributed by atoms with E-state index in [2.05, 4.69) is 11.6 Å². The fourth-order valence-corrected chi connectivity index (χ4v) is 4.71. The van der Waals surface area contributed by atoms with Gasteiger partial charge in [-0.2, -0.15) is 0 Å². The molecule has 1 aliphatic carbocycles. The lowest BCUT2D eigenvalue weighted by atomic mass is 10.0. The Morgan fingerprint density at radius 3 is 2.79 bits per heavy atom. The molecular weight excluding hydrogens is 376 g/mol. The zero-order valence-electron chi connectivity index (χ0n) is 15.6. The first-order chi connectivity index (χ1) is 13.7. The Bertz CT molecular complexity index is 1000. The molecule has 0 atom stereocenters. The Morgan fingerprint density at radius 1 is 1.18 bits per heavy atom. The minimum Gasteiger partial charge on any atom is -0.486 e. The van der Waals surface area contributed by atoms with E-state index in [1.807, 2.05) is 0 Å². The molecule has 0 amide bonds. The first kappa shape index (κ1) is 18.7. The highest BCUT2D eigenvalue weighted by atomic mass is 32.1. The number of benzene rings is 1. The summed E-state index contributed by atoms with van der Waals surface area (Å²) in [6, 6.07) is 5.17. The topological polar surface area (TPSA) is 69.9 Å². The molecular formula is C21H22N2O4S. The van der Waals surface area contributed by atoms with E-state index in [9.17, 15) is 9.59 Å². The number of fused-ring (bicyclic) bond motifs is 2. The van der Waals surface area contributed by atoms with Crippen molar-refractivity contribution in [2.45, 2.75) is 32.1 Å². The predicted octanol–water partition coefficient (Wildman–Crippen LogP) is 3.20. The lowest BCUT2D eigenvalue weighted by Crippen LogP contribution is -2.26. The van der Waals surface area contributed by atoms with Crippen molar-refractivity contribution >= 4 is 23.0 Å². The van der Waals surface area contributed by atoms with Gasteiger partial charge in [-0.1, -0.05) is 6.08 Å². The van der Waals surface area contributed by atoms with Crippen LogP contribution >= 0.6 is 11.3 Å². The van der Waals surface area contributed by atoms with Crippen LogP contribution in [0.25, 0.3) is 0 Å². The van der Waals surface area contributed by atoms with E-state index in [4.69, 9.17) is 9.47 Å². The Hall–Kier alpha value is -2.67. The van der Waals surface area contributed by atoms with Gasteiger partial charge in [-0.05, 0) is 43.9 Å². The molecule has 1 aliphatic heterocycles. The van der Waals surface area contributed by atoms with Crippen molar-refractivity contribution in [3.63, 3.8) is 0 Å². The molecule has 0 N–H and O–H groups in total. The number of thiazole rings is 1. The smallest absolute Gasteiger partial charge is 0.236 e. The van der Waals surface area contributed by atoms with E-state index in [0.717, 1.165) is 31.4 Å². The lowest BCUT2D eigenvalue weighted by Gasteiger charge is -2.18. The second-order valence-electron chi connectivity index (χ2n) is 6.78. The van der Waals surface area contributed by atoms with E-state index >= 15 is 0 Å². The zero-order chi connectivity index (χ0) is 19.5. The van der Waals surface area contributed by atoms with E-state index < -0.39 is 0 Å². The summed E-state index contributed by atoms with van der Waals surface area (Å²) in [4.78, 5) is 31.6. The summed E-state index contributed by atoms with van der Waals surface area (Å²) in [5.41, 5.74) is 1.58. The molecule has 2 aliphatic rings. The first-order valence-electron chi connectivity index (χ1n) is 9.48. The highest BCUT2D eigenvalue weighted by Gasteiger charge is 2.21. The van der Waals surface area contributed by atoms with Gasteiger partial charge in [0.1, 0.15) is 19.8 Å². The number of rotatable bonds is 5. The number of hydrogen-bond acceptors (Lipinski definition) is 6. The molecule has 0 bridgehead atoms. The molecule has 1 aromatic heterocycles. The van der Waals surface area contributed by atoms with Crippen molar-refractivity contribution < 1.29 is 19.1 Å². The number of carbonyl (C=O) groups excluding carboxylic acids is 2. The van der Waals surface area contributed by atoms with Crippen LogP contribution in [0.1, 0.15) is 45.0 Å². The number of allylic oxidation sites excluding steroid dienone is 1. The van der Waals surface area contributed by atoms with Crippen LogP contribution in [0.2, 0.25) is 0 Å². The summed E-state index contributed by atoms with van der Waals surface area (Å²) >= 11 is 1.52. The summed E-state index contributed by atoms with van der Waals surface area (Å²) in [6.45, 7) is 4.63. The molecule has 2 aromatic rings. The summed E-state index contributed by atoms with van der Waals surface area (Å²) in [6.07, 6.45) is 5.89. The molecule has 2 heterocycles. The molecule has 0 saturated carbocycles. The van der Waals surface area contributed by atoms with Crippen molar-refractivity contribution in [2.24, 2.45) is 4.99 Å². The van der Waals surface area contributed by atoms with Gasteiger partial charge < -0.3 is 9.47 Å². The van der Waals surface area contributed by atoms with Gasteiger partial charge in [0.05, 0.1) is 0 Å². The van der Waals surface area contributed by atoms with Gasteiger partial charge in [0, 0.05) is 22.6 Å². The number of carbonyl (C=O) groups is 2. The average molecular weight is 398 g/mol. The fraction of sp³-hybridized carbons (Fsp3) is 0.381. The van der Waals surface area contributed by atoms with Crippen molar-refractivity contribution in [2.75, 3.05) is 19.8 Å². The van der Waals surface area contributed by atoms with Gasteiger partial charge in [0.25, 0.3) is 0 Å². The normalized spacial score (nSPS) is 15.8. The first-order valence-corrected chi connectivity index (χ1v) is 10.3. The second-order valence-corrected chi connectivity index (χ2v) is 7.84. The molecule has 28 heavy (non-hydrogen) atoms. The van der Waals surface area contributed by atoms with Crippen molar-refractivity contribution in [3.05, 3.63) is 51.8 Å².